The fourth-order valence-corrected chi connectivity index (χ4v) is 4.42. The Morgan fingerprint density at radius 3 is 2.55 bits per heavy atom. The van der Waals surface area contributed by atoms with Crippen molar-refractivity contribution in [3.05, 3.63) is 24.3 Å². The zero-order chi connectivity index (χ0) is 14.8. The van der Waals surface area contributed by atoms with Crippen LogP contribution in [0.4, 0.5) is 5.69 Å². The fraction of sp³-hybridized carbons (Fsp3) is 0.600. The summed E-state index contributed by atoms with van der Waals surface area (Å²) >= 11 is 6.44. The van der Waals surface area contributed by atoms with Crippen LogP contribution in [0.5, 0.6) is 0 Å². The third-order valence-corrected chi connectivity index (χ3v) is 6.39. The lowest BCUT2D eigenvalue weighted by molar-refractivity contribution is 0.433. The van der Waals surface area contributed by atoms with Crippen LogP contribution in [0.25, 0.3) is 0 Å². The molecule has 20 heavy (non-hydrogen) atoms. The molecule has 5 heteroatoms. The zero-order valence-corrected chi connectivity index (χ0v) is 13.6. The standard InChI is InChI=1S/C15H22ClNO2S/c1-3-20(18,19)15-11-7-6-10-14(15)17(2)13-9-5-4-8-12(13)16/h6-7,10-13H,3-5,8-9H2,1-2H3. The van der Waals surface area contributed by atoms with Gasteiger partial charge in [0, 0.05) is 13.1 Å². The van der Waals surface area contributed by atoms with Gasteiger partial charge in [-0.05, 0) is 25.0 Å². The van der Waals surface area contributed by atoms with E-state index in [0.717, 1.165) is 31.4 Å². The van der Waals surface area contributed by atoms with Gasteiger partial charge in [-0.1, -0.05) is 31.9 Å². The minimum atomic E-state index is -3.21. The summed E-state index contributed by atoms with van der Waals surface area (Å²) < 4.78 is 24.5. The van der Waals surface area contributed by atoms with E-state index in [9.17, 15) is 8.42 Å². The van der Waals surface area contributed by atoms with Gasteiger partial charge in [0.05, 0.1) is 21.7 Å². The molecule has 0 aliphatic heterocycles. The van der Waals surface area contributed by atoms with Crippen LogP contribution in [-0.2, 0) is 9.84 Å². The van der Waals surface area contributed by atoms with Crippen molar-refractivity contribution in [2.24, 2.45) is 0 Å². The maximum absolute atomic E-state index is 12.2. The topological polar surface area (TPSA) is 37.4 Å². The SMILES string of the molecule is CCS(=O)(=O)c1ccccc1N(C)C1CCCCC1Cl. The zero-order valence-electron chi connectivity index (χ0n) is 12.0. The molecule has 1 aromatic carbocycles. The molecule has 112 valence electrons. The Balaban J connectivity index is 2.37. The number of benzene rings is 1. The van der Waals surface area contributed by atoms with E-state index in [1.54, 1.807) is 19.1 Å². The lowest BCUT2D eigenvalue weighted by atomic mass is 9.93. The van der Waals surface area contributed by atoms with E-state index < -0.39 is 9.84 Å². The third kappa shape index (κ3) is 3.12. The summed E-state index contributed by atoms with van der Waals surface area (Å²) in [5.74, 6) is 0.118. The largest absolute Gasteiger partial charge is 0.369 e. The van der Waals surface area contributed by atoms with E-state index in [0.29, 0.717) is 4.90 Å². The second kappa shape index (κ2) is 6.35. The predicted molar refractivity (Wildman–Crippen MR) is 84.5 cm³/mol. The molecular weight excluding hydrogens is 294 g/mol. The van der Waals surface area contributed by atoms with Crippen molar-refractivity contribution in [1.29, 1.82) is 0 Å². The van der Waals surface area contributed by atoms with E-state index in [2.05, 4.69) is 4.90 Å². The van der Waals surface area contributed by atoms with Gasteiger partial charge in [0.25, 0.3) is 0 Å². The Labute approximate surface area is 126 Å². The van der Waals surface area contributed by atoms with Crippen LogP contribution >= 0.6 is 11.6 Å². The first-order valence-corrected chi connectivity index (χ1v) is 9.25. The molecule has 2 unspecified atom stereocenters. The van der Waals surface area contributed by atoms with Crippen LogP contribution in [0.2, 0.25) is 0 Å². The minimum absolute atomic E-state index is 0.0890. The van der Waals surface area contributed by atoms with Gasteiger partial charge in [0.1, 0.15) is 0 Å². The van der Waals surface area contributed by atoms with Crippen LogP contribution in [0, 0.1) is 0 Å². The van der Waals surface area contributed by atoms with Crippen LogP contribution in [0.15, 0.2) is 29.2 Å². The van der Waals surface area contributed by atoms with Crippen molar-refractivity contribution >= 4 is 27.1 Å². The summed E-state index contributed by atoms with van der Waals surface area (Å²) in [7, 11) is -1.26. The van der Waals surface area contributed by atoms with Gasteiger partial charge in [0.2, 0.25) is 0 Å². The minimum Gasteiger partial charge on any atom is -0.369 e. The highest BCUT2D eigenvalue weighted by Crippen LogP contribution is 2.33. The molecule has 0 bridgehead atoms. The van der Waals surface area contributed by atoms with Crippen molar-refractivity contribution in [1.82, 2.24) is 0 Å². The summed E-state index contributed by atoms with van der Waals surface area (Å²) in [6, 6.07) is 7.43. The number of nitrogens with zero attached hydrogens (tertiary/aromatic N) is 1. The van der Waals surface area contributed by atoms with Crippen molar-refractivity contribution in [2.75, 3.05) is 17.7 Å². The summed E-state index contributed by atoms with van der Waals surface area (Å²) in [6.07, 6.45) is 4.33. The van der Waals surface area contributed by atoms with Crippen molar-refractivity contribution in [3.63, 3.8) is 0 Å². The smallest absolute Gasteiger partial charge is 0.180 e. The molecule has 1 aliphatic carbocycles. The molecule has 2 rings (SSSR count). The number of alkyl halides is 1. The molecule has 1 aromatic rings. The van der Waals surface area contributed by atoms with E-state index in [1.807, 2.05) is 19.2 Å². The Bertz CT molecular complexity index is 559. The van der Waals surface area contributed by atoms with E-state index >= 15 is 0 Å². The normalized spacial score (nSPS) is 23.6. The Morgan fingerprint density at radius 1 is 1.25 bits per heavy atom. The van der Waals surface area contributed by atoms with E-state index in [-0.39, 0.29) is 17.2 Å². The maximum atomic E-state index is 12.2. The Morgan fingerprint density at radius 2 is 1.90 bits per heavy atom. The molecule has 0 amide bonds. The number of para-hydroxylation sites is 1. The molecule has 0 heterocycles. The Hall–Kier alpha value is -0.740. The van der Waals surface area contributed by atoms with Crippen molar-refractivity contribution in [2.45, 2.75) is 48.9 Å². The molecule has 0 spiro atoms. The molecule has 0 saturated heterocycles. The molecular formula is C15H22ClNO2S. The summed E-state index contributed by atoms with van der Waals surface area (Å²) in [6.45, 7) is 1.68. The van der Waals surface area contributed by atoms with E-state index in [4.69, 9.17) is 11.6 Å². The average Bonchev–Trinajstić information content (AvgIpc) is 2.47. The molecule has 0 radical (unpaired) electrons. The van der Waals surface area contributed by atoms with Gasteiger partial charge in [0.15, 0.2) is 9.84 Å². The second-order valence-corrected chi connectivity index (χ2v) is 8.16. The molecule has 1 aliphatic rings. The molecule has 1 fully saturated rings. The first kappa shape index (κ1) is 15.6. The molecule has 1 saturated carbocycles. The number of rotatable bonds is 4. The summed E-state index contributed by atoms with van der Waals surface area (Å²) in [5.41, 5.74) is 0.770. The van der Waals surface area contributed by atoms with Crippen LogP contribution < -0.4 is 4.90 Å². The number of halogens is 1. The molecule has 0 aromatic heterocycles. The van der Waals surface area contributed by atoms with Gasteiger partial charge in [-0.15, -0.1) is 11.6 Å². The van der Waals surface area contributed by atoms with Crippen LogP contribution in [-0.4, -0.2) is 32.6 Å². The first-order valence-electron chi connectivity index (χ1n) is 7.16. The number of hydrogen-bond donors (Lipinski definition) is 0. The lowest BCUT2D eigenvalue weighted by Crippen LogP contribution is -2.41. The van der Waals surface area contributed by atoms with Gasteiger partial charge < -0.3 is 4.90 Å². The highest BCUT2D eigenvalue weighted by molar-refractivity contribution is 7.91. The van der Waals surface area contributed by atoms with Crippen molar-refractivity contribution in [3.8, 4) is 0 Å². The highest BCUT2D eigenvalue weighted by Gasteiger charge is 2.29. The molecule has 3 nitrogen and oxygen atoms in total. The number of sulfone groups is 1. The maximum Gasteiger partial charge on any atom is 0.180 e. The fourth-order valence-electron chi connectivity index (χ4n) is 2.85. The number of anilines is 1. The van der Waals surface area contributed by atoms with Gasteiger partial charge >= 0.3 is 0 Å². The number of hydrogen-bond acceptors (Lipinski definition) is 3. The predicted octanol–water partition coefficient (Wildman–Crippen LogP) is 3.47. The molecule has 0 N–H and O–H groups in total. The first-order chi connectivity index (χ1) is 9.47. The monoisotopic (exact) mass is 315 g/mol. The second-order valence-electron chi connectivity index (χ2n) is 5.35. The lowest BCUT2D eigenvalue weighted by Gasteiger charge is -2.37. The van der Waals surface area contributed by atoms with Gasteiger partial charge in [-0.2, -0.15) is 0 Å². The van der Waals surface area contributed by atoms with Crippen LogP contribution in [0.1, 0.15) is 32.6 Å². The average molecular weight is 316 g/mol. The third-order valence-electron chi connectivity index (χ3n) is 4.11. The highest BCUT2D eigenvalue weighted by atomic mass is 35.5. The Kier molecular flexibility index (Phi) is 4.97. The van der Waals surface area contributed by atoms with Crippen LogP contribution in [0.3, 0.4) is 0 Å². The summed E-state index contributed by atoms with van der Waals surface area (Å²) in [5, 5.41) is 0.0890. The van der Waals surface area contributed by atoms with Crippen molar-refractivity contribution < 1.29 is 8.42 Å². The van der Waals surface area contributed by atoms with E-state index in [1.165, 1.54) is 0 Å². The van der Waals surface area contributed by atoms with Gasteiger partial charge in [-0.25, -0.2) is 8.42 Å². The quantitative estimate of drug-likeness (QED) is 0.798. The molecule has 2 atom stereocenters. The summed E-state index contributed by atoms with van der Waals surface area (Å²) in [4.78, 5) is 2.47. The van der Waals surface area contributed by atoms with Gasteiger partial charge in [-0.3, -0.25) is 0 Å².